The van der Waals surface area contributed by atoms with Gasteiger partial charge in [0.1, 0.15) is 5.75 Å². The molecule has 1 aliphatic heterocycles. The van der Waals surface area contributed by atoms with Gasteiger partial charge in [0.25, 0.3) is 0 Å². The second kappa shape index (κ2) is 7.60. The highest BCUT2D eigenvalue weighted by Crippen LogP contribution is 2.24. The first-order chi connectivity index (χ1) is 11.3. The summed E-state index contributed by atoms with van der Waals surface area (Å²) in [7, 11) is 1.71. The largest absolute Gasteiger partial charge is 0.497 e. The Labute approximate surface area is 139 Å². The molecule has 0 N–H and O–H groups in total. The Morgan fingerprint density at radius 1 is 1.39 bits per heavy atom. The van der Waals surface area contributed by atoms with Crippen LogP contribution >= 0.6 is 0 Å². The lowest BCUT2D eigenvalue weighted by atomic mass is 9.97. The molecular weight excluding hydrogens is 284 g/mol. The normalized spacial score (nSPS) is 18.9. The van der Waals surface area contributed by atoms with Crippen LogP contribution in [0.1, 0.15) is 24.8 Å². The Morgan fingerprint density at radius 3 is 3.13 bits per heavy atom. The molecule has 1 aliphatic rings. The minimum absolute atomic E-state index is 0.676. The summed E-state index contributed by atoms with van der Waals surface area (Å²) in [6, 6.07) is 8.26. The molecule has 3 heteroatoms. The molecule has 0 saturated carbocycles. The lowest BCUT2D eigenvalue weighted by molar-refractivity contribution is 0.195. The number of aryl methyl sites for hydroxylation is 1. The van der Waals surface area contributed by atoms with E-state index in [1.54, 1.807) is 7.11 Å². The zero-order valence-corrected chi connectivity index (χ0v) is 14.0. The SMILES string of the molecule is C=CC1CCCN(CCCc2ccnc3ccc(OC)cc23)C1. The highest BCUT2D eigenvalue weighted by atomic mass is 16.5. The van der Waals surface area contributed by atoms with Crippen LogP contribution in [0.2, 0.25) is 0 Å². The third-order valence-electron chi connectivity index (χ3n) is 4.83. The van der Waals surface area contributed by atoms with Crippen LogP contribution in [0, 0.1) is 5.92 Å². The van der Waals surface area contributed by atoms with E-state index in [0.717, 1.165) is 24.2 Å². The average molecular weight is 310 g/mol. The van der Waals surface area contributed by atoms with Crippen molar-refractivity contribution in [1.29, 1.82) is 0 Å². The van der Waals surface area contributed by atoms with Gasteiger partial charge < -0.3 is 9.64 Å². The van der Waals surface area contributed by atoms with Crippen molar-refractivity contribution in [2.45, 2.75) is 25.7 Å². The zero-order chi connectivity index (χ0) is 16.1. The van der Waals surface area contributed by atoms with Crippen LogP contribution in [-0.4, -0.2) is 36.6 Å². The topological polar surface area (TPSA) is 25.4 Å². The number of aromatic nitrogens is 1. The van der Waals surface area contributed by atoms with Gasteiger partial charge in [0, 0.05) is 18.1 Å². The van der Waals surface area contributed by atoms with Gasteiger partial charge in [-0.15, -0.1) is 6.58 Å². The molecule has 1 atom stereocenters. The fraction of sp³-hybridized carbons (Fsp3) is 0.450. The molecule has 1 fully saturated rings. The smallest absolute Gasteiger partial charge is 0.119 e. The molecule has 0 radical (unpaired) electrons. The van der Waals surface area contributed by atoms with Gasteiger partial charge in [-0.2, -0.15) is 0 Å². The standard InChI is InChI=1S/C20H26N2O/c1-3-16-6-4-12-22(15-16)13-5-7-17-10-11-21-20-9-8-18(23-2)14-19(17)20/h3,8-11,14,16H,1,4-7,12-13,15H2,2H3. The molecule has 3 rings (SSSR count). The number of hydrogen-bond acceptors (Lipinski definition) is 3. The third-order valence-corrected chi connectivity index (χ3v) is 4.83. The number of piperidine rings is 1. The summed E-state index contributed by atoms with van der Waals surface area (Å²) in [5.74, 6) is 1.58. The zero-order valence-electron chi connectivity index (χ0n) is 14.0. The summed E-state index contributed by atoms with van der Waals surface area (Å²) in [6.45, 7) is 7.52. The Bertz CT molecular complexity index is 668. The lowest BCUT2D eigenvalue weighted by Gasteiger charge is -2.31. The van der Waals surface area contributed by atoms with E-state index in [1.165, 1.54) is 43.3 Å². The Hall–Kier alpha value is -1.87. The highest BCUT2D eigenvalue weighted by molar-refractivity contribution is 5.83. The highest BCUT2D eigenvalue weighted by Gasteiger charge is 2.16. The number of benzene rings is 1. The molecule has 0 spiro atoms. The fourth-order valence-corrected chi connectivity index (χ4v) is 3.51. The molecule has 122 valence electrons. The van der Waals surface area contributed by atoms with Crippen LogP contribution < -0.4 is 4.74 Å². The predicted octanol–water partition coefficient (Wildman–Crippen LogP) is 4.07. The van der Waals surface area contributed by atoms with Crippen molar-refractivity contribution in [2.75, 3.05) is 26.7 Å². The summed E-state index contributed by atoms with van der Waals surface area (Å²) >= 11 is 0. The summed E-state index contributed by atoms with van der Waals surface area (Å²) in [6.07, 6.45) is 8.90. The maximum absolute atomic E-state index is 5.36. The molecule has 3 nitrogen and oxygen atoms in total. The van der Waals surface area contributed by atoms with E-state index < -0.39 is 0 Å². The van der Waals surface area contributed by atoms with E-state index in [-0.39, 0.29) is 0 Å². The summed E-state index contributed by atoms with van der Waals surface area (Å²) in [4.78, 5) is 7.04. The molecule has 2 aromatic rings. The van der Waals surface area contributed by atoms with Crippen LogP contribution in [0.15, 0.2) is 43.1 Å². The molecule has 0 amide bonds. The minimum atomic E-state index is 0.676. The molecule has 1 aromatic heterocycles. The summed E-state index contributed by atoms with van der Waals surface area (Å²) < 4.78 is 5.36. The monoisotopic (exact) mass is 310 g/mol. The van der Waals surface area contributed by atoms with Crippen LogP contribution in [0.25, 0.3) is 10.9 Å². The third kappa shape index (κ3) is 3.91. The summed E-state index contributed by atoms with van der Waals surface area (Å²) in [5.41, 5.74) is 2.42. The predicted molar refractivity (Wildman–Crippen MR) is 96.0 cm³/mol. The van der Waals surface area contributed by atoms with Gasteiger partial charge in [0.05, 0.1) is 12.6 Å². The van der Waals surface area contributed by atoms with Gasteiger partial charge in [-0.3, -0.25) is 4.98 Å². The van der Waals surface area contributed by atoms with Crippen molar-refractivity contribution in [1.82, 2.24) is 9.88 Å². The first-order valence-electron chi connectivity index (χ1n) is 8.56. The summed E-state index contributed by atoms with van der Waals surface area (Å²) in [5, 5.41) is 1.22. The number of nitrogens with zero attached hydrogens (tertiary/aromatic N) is 2. The van der Waals surface area contributed by atoms with Crippen LogP contribution in [0.3, 0.4) is 0 Å². The molecule has 1 saturated heterocycles. The maximum atomic E-state index is 5.36. The second-order valence-corrected chi connectivity index (χ2v) is 6.40. The van der Waals surface area contributed by atoms with Crippen molar-refractivity contribution in [3.63, 3.8) is 0 Å². The molecule has 1 aromatic carbocycles. The van der Waals surface area contributed by atoms with E-state index >= 15 is 0 Å². The minimum Gasteiger partial charge on any atom is -0.497 e. The average Bonchev–Trinajstić information content (AvgIpc) is 2.61. The molecule has 1 unspecified atom stereocenters. The number of rotatable bonds is 6. The van der Waals surface area contributed by atoms with Crippen LogP contribution in [0.4, 0.5) is 0 Å². The number of methoxy groups -OCH3 is 1. The van der Waals surface area contributed by atoms with Crippen molar-refractivity contribution in [3.05, 3.63) is 48.7 Å². The molecule has 0 aliphatic carbocycles. The van der Waals surface area contributed by atoms with E-state index in [4.69, 9.17) is 4.74 Å². The van der Waals surface area contributed by atoms with Crippen molar-refractivity contribution >= 4 is 10.9 Å². The quantitative estimate of drug-likeness (QED) is 0.752. The lowest BCUT2D eigenvalue weighted by Crippen LogP contribution is -2.35. The van der Waals surface area contributed by atoms with Gasteiger partial charge in [-0.05, 0) is 74.5 Å². The van der Waals surface area contributed by atoms with Crippen molar-refractivity contribution in [3.8, 4) is 5.75 Å². The number of likely N-dealkylation sites (tertiary alicyclic amines) is 1. The maximum Gasteiger partial charge on any atom is 0.119 e. The number of pyridine rings is 1. The first-order valence-corrected chi connectivity index (χ1v) is 8.56. The molecule has 23 heavy (non-hydrogen) atoms. The molecule has 2 heterocycles. The number of hydrogen-bond donors (Lipinski definition) is 0. The second-order valence-electron chi connectivity index (χ2n) is 6.40. The Morgan fingerprint density at radius 2 is 2.30 bits per heavy atom. The van der Waals surface area contributed by atoms with Gasteiger partial charge >= 0.3 is 0 Å². The van der Waals surface area contributed by atoms with Crippen LogP contribution in [-0.2, 0) is 6.42 Å². The van der Waals surface area contributed by atoms with Crippen molar-refractivity contribution in [2.24, 2.45) is 5.92 Å². The first kappa shape index (κ1) is 16.0. The fourth-order valence-electron chi connectivity index (χ4n) is 3.51. The molecular formula is C20H26N2O. The number of ether oxygens (including phenoxy) is 1. The van der Waals surface area contributed by atoms with E-state index in [9.17, 15) is 0 Å². The number of fused-ring (bicyclic) bond motifs is 1. The Balaban J connectivity index is 1.64. The van der Waals surface area contributed by atoms with Gasteiger partial charge in [0.2, 0.25) is 0 Å². The van der Waals surface area contributed by atoms with Crippen LogP contribution in [0.5, 0.6) is 5.75 Å². The van der Waals surface area contributed by atoms with E-state index in [2.05, 4.69) is 34.7 Å². The van der Waals surface area contributed by atoms with Gasteiger partial charge in [-0.1, -0.05) is 6.08 Å². The molecule has 0 bridgehead atoms. The van der Waals surface area contributed by atoms with E-state index in [1.807, 2.05) is 18.3 Å². The van der Waals surface area contributed by atoms with E-state index in [0.29, 0.717) is 5.92 Å². The van der Waals surface area contributed by atoms with Gasteiger partial charge in [0.15, 0.2) is 0 Å². The Kier molecular flexibility index (Phi) is 5.29. The van der Waals surface area contributed by atoms with Gasteiger partial charge in [-0.25, -0.2) is 0 Å². The van der Waals surface area contributed by atoms with Crippen molar-refractivity contribution < 1.29 is 4.74 Å².